The monoisotopic (exact) mass is 595 g/mol. The van der Waals surface area contributed by atoms with Crippen LogP contribution in [0.5, 0.6) is 0 Å². The van der Waals surface area contributed by atoms with E-state index in [2.05, 4.69) is 24.4 Å². The summed E-state index contributed by atoms with van der Waals surface area (Å²) in [5.74, 6) is 0.714. The Morgan fingerprint density at radius 1 is 0.927 bits per heavy atom. The molecular formula is C35H40Cl2FNO2. The quantitative estimate of drug-likeness (QED) is 0.253. The fourth-order valence-electron chi connectivity index (χ4n) is 6.21. The van der Waals surface area contributed by atoms with Gasteiger partial charge in [0.15, 0.2) is 0 Å². The first-order chi connectivity index (χ1) is 19.9. The van der Waals surface area contributed by atoms with Crippen LogP contribution in [0.25, 0.3) is 0 Å². The third-order valence-corrected chi connectivity index (χ3v) is 9.29. The summed E-state index contributed by atoms with van der Waals surface area (Å²) in [6.45, 7) is 2.65. The molecule has 0 bridgehead atoms. The van der Waals surface area contributed by atoms with E-state index < -0.39 is 0 Å². The van der Waals surface area contributed by atoms with Gasteiger partial charge in [0.05, 0.1) is 12.7 Å². The van der Waals surface area contributed by atoms with Crippen molar-refractivity contribution in [1.29, 1.82) is 0 Å². The molecule has 3 atom stereocenters. The van der Waals surface area contributed by atoms with E-state index >= 15 is 0 Å². The first kappa shape index (κ1) is 30.1. The van der Waals surface area contributed by atoms with Crippen molar-refractivity contribution in [3.05, 3.63) is 98.8 Å². The minimum atomic E-state index is -0.178. The van der Waals surface area contributed by atoms with Gasteiger partial charge in [-0.1, -0.05) is 73.3 Å². The SMILES string of the molecule is CCc1cc(Cl)c(CC2CCCC(CC(=O)Nc3ccc(F)c(C4CC4)c3)CC(OCc3ccccc3)C2)c(Cl)c1. The molecule has 3 unspecified atom stereocenters. The third kappa shape index (κ3) is 8.56. The molecule has 0 aliphatic heterocycles. The standard InChI is InChI=1S/C35H40Cl2FNO2/c1-2-23-18-32(36)31(33(37)19-23)17-25-9-6-10-26(16-29(15-25)41-22-24-7-4-3-5-8-24)20-35(40)39-28-13-14-34(38)30(21-28)27-11-12-27/h3-5,7-8,13-14,18-19,21,25-27,29H,2,6,9-12,15-17,20,22H2,1H3,(H,39,40). The Morgan fingerprint density at radius 3 is 2.34 bits per heavy atom. The highest BCUT2D eigenvalue weighted by atomic mass is 35.5. The number of benzene rings is 3. The molecule has 0 heterocycles. The van der Waals surface area contributed by atoms with Gasteiger partial charge >= 0.3 is 0 Å². The summed E-state index contributed by atoms with van der Waals surface area (Å²) < 4.78 is 20.7. The molecule has 0 spiro atoms. The van der Waals surface area contributed by atoms with Crippen molar-refractivity contribution in [3.8, 4) is 0 Å². The minimum absolute atomic E-state index is 0.0168. The summed E-state index contributed by atoms with van der Waals surface area (Å²) in [4.78, 5) is 13.1. The number of aryl methyl sites for hydroxylation is 1. The number of anilines is 1. The smallest absolute Gasteiger partial charge is 0.224 e. The van der Waals surface area contributed by atoms with Crippen LogP contribution in [0, 0.1) is 17.7 Å². The van der Waals surface area contributed by atoms with Gasteiger partial charge in [-0.3, -0.25) is 4.79 Å². The Hall–Kier alpha value is -2.40. The summed E-state index contributed by atoms with van der Waals surface area (Å²) in [6.07, 6.45) is 8.98. The molecule has 3 aromatic carbocycles. The minimum Gasteiger partial charge on any atom is -0.374 e. The molecule has 2 saturated carbocycles. The predicted molar refractivity (Wildman–Crippen MR) is 166 cm³/mol. The lowest BCUT2D eigenvalue weighted by molar-refractivity contribution is -0.117. The van der Waals surface area contributed by atoms with E-state index in [0.717, 1.165) is 90.1 Å². The summed E-state index contributed by atoms with van der Waals surface area (Å²) in [7, 11) is 0. The van der Waals surface area contributed by atoms with E-state index in [1.165, 1.54) is 6.07 Å². The first-order valence-electron chi connectivity index (χ1n) is 15.1. The lowest BCUT2D eigenvalue weighted by Crippen LogP contribution is -2.27. The second-order valence-electron chi connectivity index (χ2n) is 11.9. The molecule has 0 saturated heterocycles. The van der Waals surface area contributed by atoms with Crippen LogP contribution in [0.2, 0.25) is 10.0 Å². The highest BCUT2D eigenvalue weighted by Gasteiger charge is 2.29. The number of hydrogen-bond donors (Lipinski definition) is 1. The molecule has 2 fully saturated rings. The molecule has 218 valence electrons. The van der Waals surface area contributed by atoms with Gasteiger partial charge in [-0.05, 0) is 115 Å². The van der Waals surface area contributed by atoms with E-state index in [4.69, 9.17) is 27.9 Å². The molecule has 3 nitrogen and oxygen atoms in total. The van der Waals surface area contributed by atoms with Gasteiger partial charge in [-0.25, -0.2) is 4.39 Å². The summed E-state index contributed by atoms with van der Waals surface area (Å²) in [6, 6.07) is 19.3. The summed E-state index contributed by atoms with van der Waals surface area (Å²) in [5.41, 5.74) is 4.72. The van der Waals surface area contributed by atoms with Crippen LogP contribution in [0.4, 0.5) is 10.1 Å². The van der Waals surface area contributed by atoms with Gasteiger partial charge in [0, 0.05) is 22.2 Å². The second-order valence-corrected chi connectivity index (χ2v) is 12.7. The number of ether oxygens (including phenoxy) is 1. The van der Waals surface area contributed by atoms with Crippen LogP contribution in [0.1, 0.15) is 86.5 Å². The van der Waals surface area contributed by atoms with E-state index in [-0.39, 0.29) is 23.7 Å². The first-order valence-corrected chi connectivity index (χ1v) is 15.8. The molecule has 2 aliphatic rings. The van der Waals surface area contributed by atoms with Gasteiger partial charge < -0.3 is 10.1 Å². The van der Waals surface area contributed by atoms with Gasteiger partial charge in [-0.15, -0.1) is 0 Å². The molecule has 2 aliphatic carbocycles. The lowest BCUT2D eigenvalue weighted by atomic mass is 9.80. The topological polar surface area (TPSA) is 38.3 Å². The molecule has 3 aromatic rings. The number of carbonyl (C=O) groups is 1. The van der Waals surface area contributed by atoms with Crippen molar-refractivity contribution >= 4 is 34.8 Å². The van der Waals surface area contributed by atoms with Crippen molar-refractivity contribution in [3.63, 3.8) is 0 Å². The van der Waals surface area contributed by atoms with Gasteiger partial charge in [-0.2, -0.15) is 0 Å². The van der Waals surface area contributed by atoms with Crippen LogP contribution < -0.4 is 5.32 Å². The Bertz CT molecular complexity index is 1300. The zero-order valence-electron chi connectivity index (χ0n) is 23.8. The van der Waals surface area contributed by atoms with E-state index in [1.807, 2.05) is 36.4 Å². The van der Waals surface area contributed by atoms with E-state index in [0.29, 0.717) is 30.6 Å². The van der Waals surface area contributed by atoms with Crippen molar-refractivity contribution in [1.82, 2.24) is 0 Å². The fraction of sp³-hybridized carbons (Fsp3) is 0.457. The Morgan fingerprint density at radius 2 is 1.63 bits per heavy atom. The Kier molecular flexibility index (Phi) is 10.4. The molecule has 0 aromatic heterocycles. The molecule has 5 rings (SSSR count). The Labute approximate surface area is 253 Å². The van der Waals surface area contributed by atoms with Crippen molar-refractivity contribution in [2.24, 2.45) is 11.8 Å². The normalized spacial score (nSPS) is 21.2. The van der Waals surface area contributed by atoms with E-state index in [9.17, 15) is 9.18 Å². The number of rotatable bonds is 10. The summed E-state index contributed by atoms with van der Waals surface area (Å²) >= 11 is 13.4. The highest BCUT2D eigenvalue weighted by molar-refractivity contribution is 6.36. The van der Waals surface area contributed by atoms with Crippen molar-refractivity contribution < 1.29 is 13.9 Å². The zero-order valence-corrected chi connectivity index (χ0v) is 25.3. The average molecular weight is 597 g/mol. The number of nitrogens with one attached hydrogen (secondary N) is 1. The maximum absolute atomic E-state index is 14.2. The second kappa shape index (κ2) is 14.2. The number of hydrogen-bond acceptors (Lipinski definition) is 2. The molecule has 0 radical (unpaired) electrons. The molecule has 6 heteroatoms. The maximum Gasteiger partial charge on any atom is 0.224 e. The van der Waals surface area contributed by atoms with E-state index in [1.54, 1.807) is 6.07 Å². The van der Waals surface area contributed by atoms with Crippen LogP contribution in [-0.2, 0) is 29.0 Å². The van der Waals surface area contributed by atoms with Crippen LogP contribution >= 0.6 is 23.2 Å². The lowest BCUT2D eigenvalue weighted by Gasteiger charge is -2.31. The van der Waals surface area contributed by atoms with Crippen LogP contribution in [0.3, 0.4) is 0 Å². The van der Waals surface area contributed by atoms with Crippen LogP contribution in [-0.4, -0.2) is 12.0 Å². The third-order valence-electron chi connectivity index (χ3n) is 8.62. The number of amides is 1. The molecule has 1 amide bonds. The van der Waals surface area contributed by atoms with Crippen molar-refractivity contribution in [2.75, 3.05) is 5.32 Å². The molecular weight excluding hydrogens is 556 g/mol. The van der Waals surface area contributed by atoms with Crippen LogP contribution in [0.15, 0.2) is 60.7 Å². The molecule has 1 N–H and O–H groups in total. The maximum atomic E-state index is 14.2. The van der Waals surface area contributed by atoms with Gasteiger partial charge in [0.25, 0.3) is 0 Å². The fourth-order valence-corrected chi connectivity index (χ4v) is 6.90. The Balaban J connectivity index is 1.25. The largest absolute Gasteiger partial charge is 0.374 e. The zero-order chi connectivity index (χ0) is 28.8. The van der Waals surface area contributed by atoms with Gasteiger partial charge in [0.2, 0.25) is 5.91 Å². The highest BCUT2D eigenvalue weighted by Crippen LogP contribution is 2.42. The van der Waals surface area contributed by atoms with Gasteiger partial charge in [0.1, 0.15) is 5.82 Å². The summed E-state index contributed by atoms with van der Waals surface area (Å²) in [5, 5.41) is 4.53. The number of halogens is 3. The van der Waals surface area contributed by atoms with Crippen molar-refractivity contribution in [2.45, 2.75) is 89.8 Å². The molecule has 41 heavy (non-hydrogen) atoms. The number of carbonyl (C=O) groups excluding carboxylic acids is 1. The predicted octanol–water partition coefficient (Wildman–Crippen LogP) is 9.93. The average Bonchev–Trinajstić information content (AvgIpc) is 3.79.